The summed E-state index contributed by atoms with van der Waals surface area (Å²) in [5.41, 5.74) is 2.04. The molecule has 0 unspecified atom stereocenters. The van der Waals surface area contributed by atoms with E-state index in [1.54, 1.807) is 53.6 Å². The monoisotopic (exact) mass is 481 g/mol. The van der Waals surface area contributed by atoms with Crippen LogP contribution in [0.1, 0.15) is 54.7 Å². The van der Waals surface area contributed by atoms with Crippen molar-refractivity contribution in [3.8, 4) is 0 Å². The fraction of sp³-hybridized carbons (Fsp3) is 0.423. The van der Waals surface area contributed by atoms with E-state index in [0.29, 0.717) is 54.0 Å². The van der Waals surface area contributed by atoms with Gasteiger partial charge in [0.05, 0.1) is 27.5 Å². The summed E-state index contributed by atoms with van der Waals surface area (Å²) in [6.07, 6.45) is 3.44. The molecule has 1 aliphatic rings. The highest BCUT2D eigenvalue weighted by molar-refractivity contribution is 7.90. The standard InChI is InChI=1S/C26H31N3O4S/c1-18(2)15-26(31)11-13-29(14-12-26)25(30)21-9-7-20(8-10-21)17-34(32,33)23-6-4-5-22-24(23)27-16-19(3)28-22/h4-10,16,18,31H,11-15,17H2,1-3H3. The second-order valence-corrected chi connectivity index (χ2v) is 11.7. The smallest absolute Gasteiger partial charge is 0.253 e. The molecule has 0 spiro atoms. The van der Waals surface area contributed by atoms with E-state index in [1.807, 2.05) is 6.92 Å². The van der Waals surface area contributed by atoms with Crippen molar-refractivity contribution in [1.82, 2.24) is 14.9 Å². The Hall–Kier alpha value is -2.84. The van der Waals surface area contributed by atoms with E-state index in [-0.39, 0.29) is 16.6 Å². The summed E-state index contributed by atoms with van der Waals surface area (Å²) >= 11 is 0. The number of carbonyl (C=O) groups is 1. The lowest BCUT2D eigenvalue weighted by Crippen LogP contribution is -2.47. The van der Waals surface area contributed by atoms with Crippen LogP contribution in [0.3, 0.4) is 0 Å². The van der Waals surface area contributed by atoms with Crippen LogP contribution in [0.25, 0.3) is 11.0 Å². The van der Waals surface area contributed by atoms with Crippen molar-refractivity contribution in [2.45, 2.75) is 56.3 Å². The Kier molecular flexibility index (Phi) is 6.73. The number of amides is 1. The highest BCUT2D eigenvalue weighted by Gasteiger charge is 2.34. The molecule has 0 aliphatic carbocycles. The van der Waals surface area contributed by atoms with Crippen molar-refractivity contribution in [2.75, 3.05) is 13.1 Å². The predicted molar refractivity (Wildman–Crippen MR) is 131 cm³/mol. The van der Waals surface area contributed by atoms with E-state index in [0.717, 1.165) is 12.1 Å². The van der Waals surface area contributed by atoms with Crippen molar-refractivity contribution in [3.63, 3.8) is 0 Å². The summed E-state index contributed by atoms with van der Waals surface area (Å²) in [6, 6.07) is 11.7. The number of nitrogens with zero attached hydrogens (tertiary/aromatic N) is 3. The summed E-state index contributed by atoms with van der Waals surface area (Å²) in [5.74, 6) is 0.115. The summed E-state index contributed by atoms with van der Waals surface area (Å²) < 4.78 is 26.3. The molecule has 7 nitrogen and oxygen atoms in total. The number of likely N-dealkylation sites (tertiary alicyclic amines) is 1. The first-order valence-corrected chi connectivity index (χ1v) is 13.3. The second kappa shape index (κ2) is 9.43. The molecule has 0 radical (unpaired) electrons. The van der Waals surface area contributed by atoms with Gasteiger partial charge in [-0.3, -0.25) is 9.78 Å². The Balaban J connectivity index is 1.46. The van der Waals surface area contributed by atoms with Crippen LogP contribution in [-0.4, -0.2) is 53.0 Å². The zero-order valence-electron chi connectivity index (χ0n) is 19.9. The number of hydrogen-bond donors (Lipinski definition) is 1. The molecular weight excluding hydrogens is 450 g/mol. The van der Waals surface area contributed by atoms with Gasteiger partial charge in [0.15, 0.2) is 9.84 Å². The number of rotatable bonds is 6. The number of aromatic nitrogens is 2. The van der Waals surface area contributed by atoms with Gasteiger partial charge in [-0.25, -0.2) is 13.4 Å². The number of fused-ring (bicyclic) bond motifs is 1. The second-order valence-electron chi connectivity index (χ2n) is 9.71. The third-order valence-electron chi connectivity index (χ3n) is 6.32. The van der Waals surface area contributed by atoms with Crippen LogP contribution in [0.4, 0.5) is 0 Å². The van der Waals surface area contributed by atoms with Gasteiger partial charge < -0.3 is 10.0 Å². The van der Waals surface area contributed by atoms with Crippen molar-refractivity contribution in [2.24, 2.45) is 5.92 Å². The van der Waals surface area contributed by atoms with Gasteiger partial charge in [-0.1, -0.05) is 32.0 Å². The minimum absolute atomic E-state index is 0.0966. The van der Waals surface area contributed by atoms with Crippen LogP contribution in [-0.2, 0) is 15.6 Å². The minimum Gasteiger partial charge on any atom is -0.390 e. The molecule has 180 valence electrons. The SMILES string of the molecule is Cc1cnc2c(S(=O)(=O)Cc3ccc(C(=O)N4CCC(O)(CC(C)C)CC4)cc3)cccc2n1. The molecule has 0 bridgehead atoms. The van der Waals surface area contributed by atoms with Crippen LogP contribution < -0.4 is 0 Å². The number of aryl methyl sites for hydroxylation is 1. The molecule has 1 N–H and O–H groups in total. The average Bonchev–Trinajstić information content (AvgIpc) is 2.78. The van der Waals surface area contributed by atoms with Crippen molar-refractivity contribution in [3.05, 3.63) is 65.5 Å². The van der Waals surface area contributed by atoms with E-state index in [2.05, 4.69) is 23.8 Å². The Morgan fingerprint density at radius 1 is 1.12 bits per heavy atom. The lowest BCUT2D eigenvalue weighted by Gasteiger charge is -2.39. The van der Waals surface area contributed by atoms with Crippen molar-refractivity contribution in [1.29, 1.82) is 0 Å². The first-order valence-electron chi connectivity index (χ1n) is 11.6. The molecule has 1 fully saturated rings. The first-order chi connectivity index (χ1) is 16.1. The quantitative estimate of drug-likeness (QED) is 0.573. The van der Waals surface area contributed by atoms with Gasteiger partial charge in [0.2, 0.25) is 0 Å². The third kappa shape index (κ3) is 5.28. The van der Waals surface area contributed by atoms with E-state index in [4.69, 9.17) is 0 Å². The molecule has 1 aliphatic heterocycles. The van der Waals surface area contributed by atoms with E-state index < -0.39 is 15.4 Å². The normalized spacial score (nSPS) is 16.2. The zero-order chi connectivity index (χ0) is 24.5. The molecule has 2 aromatic carbocycles. The fourth-order valence-electron chi connectivity index (χ4n) is 4.67. The molecule has 1 saturated heterocycles. The molecule has 1 aromatic heterocycles. The van der Waals surface area contributed by atoms with Gasteiger partial charge >= 0.3 is 0 Å². The average molecular weight is 482 g/mol. The maximum Gasteiger partial charge on any atom is 0.253 e. The molecule has 2 heterocycles. The molecular formula is C26H31N3O4S. The van der Waals surface area contributed by atoms with Gasteiger partial charge in [-0.2, -0.15) is 0 Å². The fourth-order valence-corrected chi connectivity index (χ4v) is 6.20. The number of para-hydroxylation sites is 1. The number of aliphatic hydroxyl groups is 1. The van der Waals surface area contributed by atoms with Gasteiger partial charge in [-0.05, 0) is 61.9 Å². The van der Waals surface area contributed by atoms with Gasteiger partial charge in [0, 0.05) is 24.8 Å². The van der Waals surface area contributed by atoms with Gasteiger partial charge in [0.1, 0.15) is 5.52 Å². The van der Waals surface area contributed by atoms with E-state index in [1.165, 1.54) is 0 Å². The van der Waals surface area contributed by atoms with Gasteiger partial charge in [-0.15, -0.1) is 0 Å². The molecule has 3 aromatic rings. The van der Waals surface area contributed by atoms with Crippen molar-refractivity contribution >= 4 is 26.8 Å². The molecule has 4 rings (SSSR count). The van der Waals surface area contributed by atoms with E-state index >= 15 is 0 Å². The largest absolute Gasteiger partial charge is 0.390 e. The number of piperidine rings is 1. The lowest BCUT2D eigenvalue weighted by atomic mass is 9.84. The summed E-state index contributed by atoms with van der Waals surface area (Å²) in [5, 5.41) is 10.7. The zero-order valence-corrected chi connectivity index (χ0v) is 20.7. The van der Waals surface area contributed by atoms with Crippen molar-refractivity contribution < 1.29 is 18.3 Å². The van der Waals surface area contributed by atoms with E-state index in [9.17, 15) is 18.3 Å². The maximum atomic E-state index is 13.1. The number of benzene rings is 2. The minimum atomic E-state index is -3.66. The lowest BCUT2D eigenvalue weighted by molar-refractivity contribution is -0.0311. The molecule has 34 heavy (non-hydrogen) atoms. The van der Waals surface area contributed by atoms with Gasteiger partial charge in [0.25, 0.3) is 5.91 Å². The third-order valence-corrected chi connectivity index (χ3v) is 8.03. The summed E-state index contributed by atoms with van der Waals surface area (Å²) in [4.78, 5) is 23.5. The number of sulfone groups is 1. The van der Waals surface area contributed by atoms with Crippen LogP contribution in [0.15, 0.2) is 53.6 Å². The molecule has 0 saturated carbocycles. The maximum absolute atomic E-state index is 13.1. The highest BCUT2D eigenvalue weighted by atomic mass is 32.2. The summed E-state index contributed by atoms with van der Waals surface area (Å²) in [6.45, 7) is 7.02. The Morgan fingerprint density at radius 2 is 1.79 bits per heavy atom. The predicted octanol–water partition coefficient (Wildman–Crippen LogP) is 3.93. The molecule has 0 atom stereocenters. The van der Waals surface area contributed by atoms with Crippen LogP contribution in [0, 0.1) is 12.8 Å². The number of hydrogen-bond acceptors (Lipinski definition) is 6. The highest BCUT2D eigenvalue weighted by Crippen LogP contribution is 2.30. The van der Waals surface area contributed by atoms with Crippen LogP contribution in [0.5, 0.6) is 0 Å². The topological polar surface area (TPSA) is 100 Å². The van der Waals surface area contributed by atoms with Crippen LogP contribution >= 0.6 is 0 Å². The molecule has 8 heteroatoms. The summed E-state index contributed by atoms with van der Waals surface area (Å²) in [7, 11) is -3.66. The van der Waals surface area contributed by atoms with Crippen LogP contribution in [0.2, 0.25) is 0 Å². The number of carbonyl (C=O) groups excluding carboxylic acids is 1. The Morgan fingerprint density at radius 3 is 2.44 bits per heavy atom. The Labute approximate surface area is 200 Å². The first kappa shape index (κ1) is 24.3. The molecule has 1 amide bonds. The Bertz CT molecular complexity index is 1300.